The molecule has 0 spiro atoms. The molecule has 0 aliphatic heterocycles. The Morgan fingerprint density at radius 1 is 0.683 bits per heavy atom. The van der Waals surface area contributed by atoms with E-state index < -0.39 is 5.54 Å². The number of pyridine rings is 2. The molecule has 4 aromatic rings. The summed E-state index contributed by atoms with van der Waals surface area (Å²) < 4.78 is 0. The smallest absolute Gasteiger partial charge is 0.243 e. The van der Waals surface area contributed by atoms with E-state index in [-0.39, 0.29) is 11.9 Å². The molecule has 212 valence electrons. The quantitative estimate of drug-likeness (QED) is 0.183. The maximum absolute atomic E-state index is 15.0. The Hall–Kier alpha value is -3.83. The molecule has 1 fully saturated rings. The second-order valence-electron chi connectivity index (χ2n) is 11.4. The highest BCUT2D eigenvalue weighted by molar-refractivity contribution is 5.87. The van der Waals surface area contributed by atoms with Crippen LogP contribution in [-0.2, 0) is 30.7 Å². The van der Waals surface area contributed by atoms with E-state index in [1.807, 2.05) is 30.9 Å². The average molecular weight is 547 g/mol. The van der Waals surface area contributed by atoms with Crippen molar-refractivity contribution in [3.8, 4) is 0 Å². The van der Waals surface area contributed by atoms with Gasteiger partial charge in [-0.2, -0.15) is 0 Å². The number of carbonyl (C=O) groups excluding carboxylic acids is 1. The molecule has 5 rings (SSSR count). The molecular formula is C36H42N4O. The number of nitrogens with zero attached hydrogens (tertiary/aromatic N) is 4. The Kier molecular flexibility index (Phi) is 9.92. The van der Waals surface area contributed by atoms with Gasteiger partial charge in [0.2, 0.25) is 5.91 Å². The number of benzene rings is 2. The van der Waals surface area contributed by atoms with Crippen molar-refractivity contribution in [1.82, 2.24) is 19.8 Å². The van der Waals surface area contributed by atoms with Gasteiger partial charge in [0, 0.05) is 43.9 Å². The second-order valence-corrected chi connectivity index (χ2v) is 11.4. The molecule has 1 amide bonds. The van der Waals surface area contributed by atoms with Gasteiger partial charge in [0.25, 0.3) is 0 Å². The van der Waals surface area contributed by atoms with E-state index >= 15 is 4.79 Å². The van der Waals surface area contributed by atoms with Crippen LogP contribution in [0.4, 0.5) is 0 Å². The summed E-state index contributed by atoms with van der Waals surface area (Å²) in [5.74, 6) is 0.284. The fourth-order valence-corrected chi connectivity index (χ4v) is 6.36. The summed E-state index contributed by atoms with van der Waals surface area (Å²) in [5, 5.41) is 0. The molecule has 5 nitrogen and oxygen atoms in total. The fourth-order valence-electron chi connectivity index (χ4n) is 6.36. The first-order valence-electron chi connectivity index (χ1n) is 15.0. The molecule has 2 heterocycles. The number of hydrogen-bond donors (Lipinski definition) is 0. The van der Waals surface area contributed by atoms with Crippen LogP contribution in [0.1, 0.15) is 60.8 Å². The van der Waals surface area contributed by atoms with Crippen LogP contribution >= 0.6 is 0 Å². The van der Waals surface area contributed by atoms with Crippen LogP contribution < -0.4 is 0 Å². The molecule has 0 unspecified atom stereocenters. The maximum Gasteiger partial charge on any atom is 0.243 e. The highest BCUT2D eigenvalue weighted by Crippen LogP contribution is 2.38. The number of amides is 1. The van der Waals surface area contributed by atoms with Crippen LogP contribution in [0.25, 0.3) is 0 Å². The third-order valence-electron chi connectivity index (χ3n) is 8.75. The summed E-state index contributed by atoms with van der Waals surface area (Å²) in [4.78, 5) is 28.0. The standard InChI is InChI=1S/C36H42N4O/c1-39(28-32-10-4-2-5-11-32)36(22-8-9-23-36)35(41)40(29-33-12-6-3-7-13-33)34(16-14-30-18-24-37-25-19-30)17-15-31-20-26-38-27-21-31/h2-7,10-13,18-21,24-27,34H,8-9,14-17,22-23,28-29H2,1H3. The van der Waals surface area contributed by atoms with Gasteiger partial charge in [-0.1, -0.05) is 73.5 Å². The van der Waals surface area contributed by atoms with Gasteiger partial charge >= 0.3 is 0 Å². The molecule has 0 saturated heterocycles. The van der Waals surface area contributed by atoms with Crippen molar-refractivity contribution in [2.24, 2.45) is 0 Å². The third-order valence-corrected chi connectivity index (χ3v) is 8.75. The molecule has 5 heteroatoms. The number of carbonyl (C=O) groups is 1. The Morgan fingerprint density at radius 3 is 1.63 bits per heavy atom. The third kappa shape index (κ3) is 7.47. The zero-order chi connectivity index (χ0) is 28.3. The predicted molar refractivity (Wildman–Crippen MR) is 165 cm³/mol. The maximum atomic E-state index is 15.0. The molecule has 41 heavy (non-hydrogen) atoms. The largest absolute Gasteiger partial charge is 0.334 e. The van der Waals surface area contributed by atoms with Gasteiger partial charge in [0.05, 0.1) is 0 Å². The van der Waals surface area contributed by atoms with Crippen molar-refractivity contribution in [3.63, 3.8) is 0 Å². The van der Waals surface area contributed by atoms with E-state index in [1.54, 1.807) is 0 Å². The van der Waals surface area contributed by atoms with E-state index in [1.165, 1.54) is 22.3 Å². The average Bonchev–Trinajstić information content (AvgIpc) is 3.54. The minimum atomic E-state index is -0.490. The van der Waals surface area contributed by atoms with Crippen LogP contribution in [0.15, 0.2) is 110 Å². The van der Waals surface area contributed by atoms with Gasteiger partial charge in [-0.05, 0) is 92.1 Å². The van der Waals surface area contributed by atoms with Crippen LogP contribution in [0.2, 0.25) is 0 Å². The first kappa shape index (κ1) is 28.7. The number of aromatic nitrogens is 2. The lowest BCUT2D eigenvalue weighted by molar-refractivity contribution is -0.148. The normalized spacial score (nSPS) is 14.4. The van der Waals surface area contributed by atoms with Gasteiger partial charge in [0.1, 0.15) is 5.54 Å². The highest BCUT2D eigenvalue weighted by atomic mass is 16.2. The van der Waals surface area contributed by atoms with Crippen LogP contribution in [0, 0.1) is 0 Å². The van der Waals surface area contributed by atoms with Gasteiger partial charge in [-0.15, -0.1) is 0 Å². The first-order valence-corrected chi connectivity index (χ1v) is 15.0. The minimum Gasteiger partial charge on any atom is -0.334 e. The van der Waals surface area contributed by atoms with Crippen LogP contribution in [-0.4, -0.2) is 44.3 Å². The second kappa shape index (κ2) is 14.2. The van der Waals surface area contributed by atoms with Crippen molar-refractivity contribution in [1.29, 1.82) is 0 Å². The van der Waals surface area contributed by atoms with Crippen molar-refractivity contribution in [3.05, 3.63) is 132 Å². The predicted octanol–water partition coefficient (Wildman–Crippen LogP) is 6.88. The van der Waals surface area contributed by atoms with Crippen molar-refractivity contribution in [2.45, 2.75) is 76.0 Å². The summed E-state index contributed by atoms with van der Waals surface area (Å²) >= 11 is 0. The number of hydrogen-bond acceptors (Lipinski definition) is 4. The Bertz CT molecular complexity index is 1280. The monoisotopic (exact) mass is 546 g/mol. The lowest BCUT2D eigenvalue weighted by atomic mass is 9.89. The van der Waals surface area contributed by atoms with E-state index in [0.717, 1.165) is 57.9 Å². The molecule has 0 N–H and O–H groups in total. The number of rotatable bonds is 13. The molecule has 2 aromatic heterocycles. The van der Waals surface area contributed by atoms with E-state index in [4.69, 9.17) is 0 Å². The summed E-state index contributed by atoms with van der Waals surface area (Å²) in [6, 6.07) is 29.5. The molecule has 0 bridgehead atoms. The van der Waals surface area contributed by atoms with Gasteiger partial charge in [0.15, 0.2) is 0 Å². The summed E-state index contributed by atoms with van der Waals surface area (Å²) in [6.45, 7) is 1.39. The molecule has 0 radical (unpaired) electrons. The summed E-state index contributed by atoms with van der Waals surface area (Å²) in [6.07, 6.45) is 15.1. The lowest BCUT2D eigenvalue weighted by Crippen LogP contribution is -2.58. The van der Waals surface area contributed by atoms with Crippen molar-refractivity contribution >= 4 is 5.91 Å². The minimum absolute atomic E-state index is 0.103. The topological polar surface area (TPSA) is 49.3 Å². The van der Waals surface area contributed by atoms with Crippen LogP contribution in [0.5, 0.6) is 0 Å². The SMILES string of the molecule is CN(Cc1ccccc1)C1(C(=O)N(Cc2ccccc2)C(CCc2ccncc2)CCc2ccncc2)CCCC1. The highest BCUT2D eigenvalue weighted by Gasteiger charge is 2.47. The van der Waals surface area contributed by atoms with E-state index in [9.17, 15) is 0 Å². The van der Waals surface area contributed by atoms with Gasteiger partial charge in [-0.3, -0.25) is 19.7 Å². The molecular weight excluding hydrogens is 504 g/mol. The number of aryl methyl sites for hydroxylation is 2. The zero-order valence-corrected chi connectivity index (χ0v) is 24.2. The Labute approximate surface area is 245 Å². The van der Waals surface area contributed by atoms with Crippen molar-refractivity contribution < 1.29 is 4.79 Å². The Balaban J connectivity index is 1.47. The van der Waals surface area contributed by atoms with E-state index in [2.05, 4.69) is 106 Å². The van der Waals surface area contributed by atoms with E-state index in [0.29, 0.717) is 6.54 Å². The lowest BCUT2D eigenvalue weighted by Gasteiger charge is -2.44. The first-order chi connectivity index (χ1) is 20.1. The summed E-state index contributed by atoms with van der Waals surface area (Å²) in [7, 11) is 2.15. The van der Waals surface area contributed by atoms with Crippen LogP contribution in [0.3, 0.4) is 0 Å². The van der Waals surface area contributed by atoms with Gasteiger partial charge in [-0.25, -0.2) is 0 Å². The molecule has 2 aromatic carbocycles. The molecule has 1 aliphatic carbocycles. The number of likely N-dealkylation sites (N-methyl/N-ethyl adjacent to an activating group) is 1. The summed E-state index contributed by atoms with van der Waals surface area (Å²) in [5.41, 5.74) is 4.46. The van der Waals surface area contributed by atoms with Gasteiger partial charge < -0.3 is 4.90 Å². The Morgan fingerprint density at radius 2 is 1.15 bits per heavy atom. The molecule has 1 aliphatic rings. The molecule has 0 atom stereocenters. The molecule has 1 saturated carbocycles. The van der Waals surface area contributed by atoms with Crippen molar-refractivity contribution in [2.75, 3.05) is 7.05 Å². The fraction of sp³-hybridized carbons (Fsp3) is 0.361. The zero-order valence-electron chi connectivity index (χ0n) is 24.2.